The molecule has 0 radical (unpaired) electrons. The van der Waals surface area contributed by atoms with Crippen LogP contribution in [0, 0.1) is 0 Å². The lowest BCUT2D eigenvalue weighted by atomic mass is 10.3. The summed E-state index contributed by atoms with van der Waals surface area (Å²) >= 11 is 0. The number of carbonyl (C=O) groups excluding carboxylic acids is 2. The van der Waals surface area contributed by atoms with Crippen molar-refractivity contribution in [1.29, 1.82) is 0 Å². The lowest BCUT2D eigenvalue weighted by Crippen LogP contribution is -2.28. The third kappa shape index (κ3) is 2.93. The Labute approximate surface area is 85.1 Å². The summed E-state index contributed by atoms with van der Waals surface area (Å²) in [5, 5.41) is 6.76. The highest BCUT2D eigenvalue weighted by Gasteiger charge is 2.23. The first-order chi connectivity index (χ1) is 7.15. The standard InChI is InChI=1S/C7H10N4O4/c1-2-14-4(12)3-15-11-5-6(8)9-10-7(5)13/h2-3H2,1H3,(H3,8,9,10,11,13). The third-order valence-electron chi connectivity index (χ3n) is 1.38. The molecule has 8 heteroatoms. The molecule has 1 heterocycles. The van der Waals surface area contributed by atoms with Gasteiger partial charge in [-0.2, -0.15) is 5.10 Å². The Morgan fingerprint density at radius 2 is 2.40 bits per heavy atom. The molecule has 1 aliphatic rings. The van der Waals surface area contributed by atoms with Crippen LogP contribution < -0.4 is 11.2 Å². The highest BCUT2D eigenvalue weighted by atomic mass is 16.7. The van der Waals surface area contributed by atoms with E-state index in [9.17, 15) is 9.59 Å². The van der Waals surface area contributed by atoms with E-state index in [1.807, 2.05) is 0 Å². The molecule has 0 bridgehead atoms. The molecule has 8 nitrogen and oxygen atoms in total. The normalized spacial score (nSPS) is 17.3. The monoisotopic (exact) mass is 214 g/mol. The average Bonchev–Trinajstić information content (AvgIpc) is 2.49. The van der Waals surface area contributed by atoms with Crippen LogP contribution >= 0.6 is 0 Å². The van der Waals surface area contributed by atoms with Gasteiger partial charge in [0.05, 0.1) is 6.61 Å². The van der Waals surface area contributed by atoms with Gasteiger partial charge in [-0.05, 0) is 6.92 Å². The summed E-state index contributed by atoms with van der Waals surface area (Å²) in [7, 11) is 0. The predicted octanol–water partition coefficient (Wildman–Crippen LogP) is -1.68. The maximum atomic E-state index is 11.0. The summed E-state index contributed by atoms with van der Waals surface area (Å²) in [6.45, 7) is 1.54. The van der Waals surface area contributed by atoms with Crippen molar-refractivity contribution in [2.75, 3.05) is 13.2 Å². The van der Waals surface area contributed by atoms with Crippen molar-refractivity contribution in [1.82, 2.24) is 5.43 Å². The van der Waals surface area contributed by atoms with Crippen LogP contribution in [0.2, 0.25) is 0 Å². The second-order valence-corrected chi connectivity index (χ2v) is 2.46. The van der Waals surface area contributed by atoms with E-state index in [1.54, 1.807) is 6.92 Å². The third-order valence-corrected chi connectivity index (χ3v) is 1.38. The molecule has 82 valence electrons. The van der Waals surface area contributed by atoms with Gasteiger partial charge < -0.3 is 15.3 Å². The Hall–Kier alpha value is -2.12. The SMILES string of the molecule is CCOC(=O)CON=C1C(=O)NN=C1N. The summed E-state index contributed by atoms with van der Waals surface area (Å²) in [4.78, 5) is 26.3. The van der Waals surface area contributed by atoms with Gasteiger partial charge in [-0.1, -0.05) is 5.16 Å². The molecule has 0 unspecified atom stereocenters. The highest BCUT2D eigenvalue weighted by Crippen LogP contribution is 1.91. The first-order valence-corrected chi connectivity index (χ1v) is 4.14. The Morgan fingerprint density at radius 3 is 2.93 bits per heavy atom. The number of amidine groups is 1. The lowest BCUT2D eigenvalue weighted by molar-refractivity contribution is -0.148. The maximum Gasteiger partial charge on any atom is 0.347 e. The van der Waals surface area contributed by atoms with Gasteiger partial charge in [0.2, 0.25) is 12.3 Å². The Morgan fingerprint density at radius 1 is 1.67 bits per heavy atom. The van der Waals surface area contributed by atoms with Crippen LogP contribution in [0.15, 0.2) is 10.3 Å². The molecular formula is C7H10N4O4. The number of nitrogens with one attached hydrogen (secondary N) is 1. The fourth-order valence-electron chi connectivity index (χ4n) is 0.774. The fraction of sp³-hybridized carbons (Fsp3) is 0.429. The Bertz CT molecular complexity index is 336. The number of hydrogen-bond donors (Lipinski definition) is 2. The first-order valence-electron chi connectivity index (χ1n) is 4.14. The number of carbonyl (C=O) groups is 2. The van der Waals surface area contributed by atoms with E-state index >= 15 is 0 Å². The molecule has 1 aliphatic heterocycles. The van der Waals surface area contributed by atoms with Gasteiger partial charge in [0.15, 0.2) is 5.84 Å². The van der Waals surface area contributed by atoms with Crippen LogP contribution in [-0.4, -0.2) is 36.6 Å². The largest absolute Gasteiger partial charge is 0.463 e. The van der Waals surface area contributed by atoms with Crippen LogP contribution in [0.3, 0.4) is 0 Å². The van der Waals surface area contributed by atoms with Crippen molar-refractivity contribution in [3.63, 3.8) is 0 Å². The Balaban J connectivity index is 2.41. The zero-order valence-corrected chi connectivity index (χ0v) is 8.02. The van der Waals surface area contributed by atoms with Crippen LogP contribution in [-0.2, 0) is 19.2 Å². The van der Waals surface area contributed by atoms with E-state index in [1.165, 1.54) is 0 Å². The molecule has 0 atom stereocenters. The number of rotatable bonds is 4. The number of amides is 1. The maximum absolute atomic E-state index is 11.0. The van der Waals surface area contributed by atoms with Crippen molar-refractivity contribution < 1.29 is 19.2 Å². The van der Waals surface area contributed by atoms with Crippen molar-refractivity contribution >= 4 is 23.4 Å². The van der Waals surface area contributed by atoms with Crippen molar-refractivity contribution in [2.24, 2.45) is 16.0 Å². The predicted molar refractivity (Wildman–Crippen MR) is 49.8 cm³/mol. The van der Waals surface area contributed by atoms with Gasteiger partial charge in [0.25, 0.3) is 5.91 Å². The lowest BCUT2D eigenvalue weighted by Gasteiger charge is -2.00. The first kappa shape index (κ1) is 11.0. The summed E-state index contributed by atoms with van der Waals surface area (Å²) < 4.78 is 4.57. The van der Waals surface area contributed by atoms with E-state index in [2.05, 4.69) is 25.3 Å². The topological polar surface area (TPSA) is 115 Å². The second-order valence-electron chi connectivity index (χ2n) is 2.46. The summed E-state index contributed by atoms with van der Waals surface area (Å²) in [5.74, 6) is -1.23. The number of nitrogens with zero attached hydrogens (tertiary/aromatic N) is 2. The molecule has 0 aromatic carbocycles. The smallest absolute Gasteiger partial charge is 0.347 e. The van der Waals surface area contributed by atoms with Gasteiger partial charge in [0.1, 0.15) is 0 Å². The van der Waals surface area contributed by atoms with Gasteiger partial charge >= 0.3 is 5.97 Å². The van der Waals surface area contributed by atoms with Crippen molar-refractivity contribution in [2.45, 2.75) is 6.92 Å². The zero-order chi connectivity index (χ0) is 11.3. The number of esters is 1. The minimum absolute atomic E-state index is 0.0798. The number of hydrazone groups is 1. The molecule has 0 aromatic heterocycles. The fourth-order valence-corrected chi connectivity index (χ4v) is 0.774. The van der Waals surface area contributed by atoms with E-state index in [-0.39, 0.29) is 24.8 Å². The highest BCUT2D eigenvalue weighted by molar-refractivity contribution is 6.68. The molecule has 1 rings (SSSR count). The van der Waals surface area contributed by atoms with E-state index in [0.717, 1.165) is 0 Å². The summed E-state index contributed by atoms with van der Waals surface area (Å²) in [5.41, 5.74) is 7.21. The molecular weight excluding hydrogens is 204 g/mol. The number of hydrogen-bond acceptors (Lipinski definition) is 7. The van der Waals surface area contributed by atoms with Crippen molar-refractivity contribution in [3.8, 4) is 0 Å². The van der Waals surface area contributed by atoms with E-state index in [4.69, 9.17) is 5.73 Å². The van der Waals surface area contributed by atoms with Crippen LogP contribution in [0.4, 0.5) is 0 Å². The number of oxime groups is 1. The summed E-state index contributed by atoms with van der Waals surface area (Å²) in [6.07, 6.45) is 0. The zero-order valence-electron chi connectivity index (χ0n) is 8.02. The molecule has 0 aromatic rings. The van der Waals surface area contributed by atoms with Gasteiger partial charge in [-0.15, -0.1) is 0 Å². The van der Waals surface area contributed by atoms with Gasteiger partial charge in [-0.3, -0.25) is 4.79 Å². The van der Waals surface area contributed by atoms with E-state index < -0.39 is 11.9 Å². The van der Waals surface area contributed by atoms with Crippen LogP contribution in [0.1, 0.15) is 6.92 Å². The molecule has 1 amide bonds. The van der Waals surface area contributed by atoms with Crippen LogP contribution in [0.5, 0.6) is 0 Å². The molecule has 0 aliphatic carbocycles. The number of nitrogens with two attached hydrogens (primary N) is 1. The second kappa shape index (κ2) is 4.94. The molecule has 0 saturated carbocycles. The summed E-state index contributed by atoms with van der Waals surface area (Å²) in [6, 6.07) is 0. The molecule has 0 saturated heterocycles. The minimum Gasteiger partial charge on any atom is -0.463 e. The molecule has 3 N–H and O–H groups in total. The molecule has 0 fully saturated rings. The molecule has 15 heavy (non-hydrogen) atoms. The van der Waals surface area contributed by atoms with Gasteiger partial charge in [-0.25, -0.2) is 10.2 Å². The molecule has 0 spiro atoms. The van der Waals surface area contributed by atoms with E-state index in [0.29, 0.717) is 0 Å². The minimum atomic E-state index is -0.573. The quantitative estimate of drug-likeness (QED) is 0.428. The van der Waals surface area contributed by atoms with Crippen molar-refractivity contribution in [3.05, 3.63) is 0 Å². The average molecular weight is 214 g/mol. The van der Waals surface area contributed by atoms with Crippen LogP contribution in [0.25, 0.3) is 0 Å². The van der Waals surface area contributed by atoms with Gasteiger partial charge in [0, 0.05) is 0 Å². The Kier molecular flexibility index (Phi) is 3.61. The number of ether oxygens (including phenoxy) is 1.